The summed E-state index contributed by atoms with van der Waals surface area (Å²) in [6.45, 7) is 7.24. The van der Waals surface area contributed by atoms with Gasteiger partial charge in [0.25, 0.3) is 0 Å². The Kier molecular flexibility index (Phi) is 4.92. The van der Waals surface area contributed by atoms with Crippen LogP contribution in [0.3, 0.4) is 0 Å². The number of hydrogen-bond acceptors (Lipinski definition) is 4. The van der Waals surface area contributed by atoms with Gasteiger partial charge in [-0.15, -0.1) is 0 Å². The quantitative estimate of drug-likeness (QED) is 0.804. The highest BCUT2D eigenvalue weighted by molar-refractivity contribution is 5.55. The van der Waals surface area contributed by atoms with Crippen LogP contribution in [0.4, 0.5) is 5.82 Å². The number of hydrogen-bond donors (Lipinski definition) is 1. The zero-order chi connectivity index (χ0) is 12.8. The minimum atomic E-state index is -0.293. The smallest absolute Gasteiger partial charge is 0.146 e. The summed E-state index contributed by atoms with van der Waals surface area (Å²) < 4.78 is 0. The van der Waals surface area contributed by atoms with Crippen LogP contribution in [-0.2, 0) is 0 Å². The van der Waals surface area contributed by atoms with Crippen LogP contribution in [0.1, 0.15) is 31.5 Å². The number of rotatable bonds is 1. The lowest BCUT2D eigenvalue weighted by molar-refractivity contribution is 0.198. The Morgan fingerprint density at radius 2 is 2.18 bits per heavy atom. The van der Waals surface area contributed by atoms with Gasteiger partial charge >= 0.3 is 0 Å². The molecule has 0 spiro atoms. The summed E-state index contributed by atoms with van der Waals surface area (Å²) in [7, 11) is 0. The molecule has 0 saturated carbocycles. The van der Waals surface area contributed by atoms with Gasteiger partial charge in [0.2, 0.25) is 0 Å². The molecule has 4 nitrogen and oxygen atoms in total. The lowest BCUT2D eigenvalue weighted by Gasteiger charge is -2.18. The maximum atomic E-state index is 9.44. The first-order valence-corrected chi connectivity index (χ1v) is 6.01. The van der Waals surface area contributed by atoms with E-state index in [1.807, 2.05) is 31.7 Å². The maximum absolute atomic E-state index is 9.44. The van der Waals surface area contributed by atoms with Crippen molar-refractivity contribution in [3.8, 4) is 6.07 Å². The molecule has 0 bridgehead atoms. The second-order valence-electron chi connectivity index (χ2n) is 3.82. The highest BCUT2D eigenvalue weighted by Gasteiger charge is 2.23. The molecule has 1 aromatic rings. The molecule has 1 fully saturated rings. The van der Waals surface area contributed by atoms with Gasteiger partial charge in [0.1, 0.15) is 11.9 Å². The Balaban J connectivity index is 0.000000686. The van der Waals surface area contributed by atoms with E-state index < -0.39 is 0 Å². The lowest BCUT2D eigenvalue weighted by Crippen LogP contribution is -2.23. The second kappa shape index (κ2) is 6.21. The molecule has 2 rings (SSSR count). The molecule has 1 saturated heterocycles. The molecule has 1 aromatic heterocycles. The summed E-state index contributed by atoms with van der Waals surface area (Å²) in [4.78, 5) is 6.32. The molecule has 1 N–H and O–H groups in total. The van der Waals surface area contributed by atoms with E-state index >= 15 is 0 Å². The van der Waals surface area contributed by atoms with Crippen LogP contribution >= 0.6 is 0 Å². The third-order valence-electron chi connectivity index (χ3n) is 2.60. The third kappa shape index (κ3) is 3.18. The molecule has 0 radical (unpaired) electrons. The van der Waals surface area contributed by atoms with Crippen molar-refractivity contribution in [2.75, 3.05) is 18.0 Å². The first-order valence-electron chi connectivity index (χ1n) is 6.01. The van der Waals surface area contributed by atoms with Crippen LogP contribution in [0.25, 0.3) is 0 Å². The molecule has 92 valence electrons. The van der Waals surface area contributed by atoms with E-state index in [1.165, 1.54) is 0 Å². The Morgan fingerprint density at radius 1 is 1.47 bits per heavy atom. The molecule has 1 aliphatic heterocycles. The fourth-order valence-corrected chi connectivity index (χ4v) is 1.81. The number of aliphatic hydroxyl groups is 1. The highest BCUT2D eigenvalue weighted by atomic mass is 16.3. The summed E-state index contributed by atoms with van der Waals surface area (Å²) in [6.07, 6.45) is 0.458. The number of aryl methyl sites for hydroxylation is 1. The summed E-state index contributed by atoms with van der Waals surface area (Å²) in [5, 5.41) is 18.4. The number of anilines is 1. The van der Waals surface area contributed by atoms with Crippen molar-refractivity contribution < 1.29 is 5.11 Å². The van der Waals surface area contributed by atoms with Crippen LogP contribution in [0.5, 0.6) is 0 Å². The fraction of sp³-hybridized carbons (Fsp3) is 0.538. The van der Waals surface area contributed by atoms with Gasteiger partial charge in [-0.25, -0.2) is 4.98 Å². The number of pyridine rings is 1. The molecule has 17 heavy (non-hydrogen) atoms. The lowest BCUT2D eigenvalue weighted by atomic mass is 10.2. The van der Waals surface area contributed by atoms with Gasteiger partial charge in [-0.05, 0) is 25.5 Å². The average Bonchev–Trinajstić information content (AvgIpc) is 2.78. The van der Waals surface area contributed by atoms with E-state index in [-0.39, 0.29) is 6.10 Å². The standard InChI is InChI=1S/C11H13N3O.C2H6/c1-8-2-3-9(6-12)11(13-8)14-5-4-10(15)7-14;1-2/h2-3,10,15H,4-5,7H2,1H3;1-2H3. The topological polar surface area (TPSA) is 60.2 Å². The monoisotopic (exact) mass is 233 g/mol. The molecule has 1 atom stereocenters. The molecular formula is C13H19N3O. The Hall–Kier alpha value is -1.60. The van der Waals surface area contributed by atoms with E-state index in [0.29, 0.717) is 17.9 Å². The number of aromatic nitrogens is 1. The normalized spacial score (nSPS) is 18.3. The number of β-amino-alcohol motifs (C(OH)–C–C–N with tert-alkyl or cyclic N) is 1. The van der Waals surface area contributed by atoms with Crippen molar-refractivity contribution in [2.24, 2.45) is 0 Å². The highest BCUT2D eigenvalue weighted by Crippen LogP contribution is 2.22. The Morgan fingerprint density at radius 3 is 2.71 bits per heavy atom. The van der Waals surface area contributed by atoms with E-state index in [1.54, 1.807) is 6.07 Å². The van der Waals surface area contributed by atoms with Crippen molar-refractivity contribution in [3.05, 3.63) is 23.4 Å². The zero-order valence-corrected chi connectivity index (χ0v) is 10.6. The molecule has 0 amide bonds. The van der Waals surface area contributed by atoms with Crippen LogP contribution in [0.2, 0.25) is 0 Å². The van der Waals surface area contributed by atoms with Gasteiger partial charge in [0, 0.05) is 18.8 Å². The molecule has 1 aliphatic rings. The van der Waals surface area contributed by atoms with Crippen LogP contribution in [-0.4, -0.2) is 29.3 Å². The molecule has 0 aromatic carbocycles. The Bertz CT molecular complexity index is 412. The van der Waals surface area contributed by atoms with Crippen LogP contribution in [0.15, 0.2) is 12.1 Å². The fourth-order valence-electron chi connectivity index (χ4n) is 1.81. The minimum Gasteiger partial charge on any atom is -0.391 e. The first-order chi connectivity index (χ1) is 8.20. The zero-order valence-electron chi connectivity index (χ0n) is 10.6. The van der Waals surface area contributed by atoms with Gasteiger partial charge in [-0.3, -0.25) is 0 Å². The summed E-state index contributed by atoms with van der Waals surface area (Å²) in [6, 6.07) is 5.74. The second-order valence-corrected chi connectivity index (χ2v) is 3.82. The maximum Gasteiger partial charge on any atom is 0.146 e. The molecular weight excluding hydrogens is 214 g/mol. The predicted molar refractivity (Wildman–Crippen MR) is 67.9 cm³/mol. The van der Waals surface area contributed by atoms with Crippen molar-refractivity contribution in [1.82, 2.24) is 4.98 Å². The van der Waals surface area contributed by atoms with E-state index in [4.69, 9.17) is 5.26 Å². The number of aliphatic hydroxyl groups excluding tert-OH is 1. The van der Waals surface area contributed by atoms with Crippen LogP contribution < -0.4 is 4.90 Å². The van der Waals surface area contributed by atoms with Gasteiger partial charge in [-0.1, -0.05) is 13.8 Å². The van der Waals surface area contributed by atoms with Gasteiger partial charge in [0.05, 0.1) is 11.7 Å². The molecule has 2 heterocycles. The van der Waals surface area contributed by atoms with Crippen molar-refractivity contribution >= 4 is 5.82 Å². The summed E-state index contributed by atoms with van der Waals surface area (Å²) in [5.74, 6) is 0.703. The average molecular weight is 233 g/mol. The third-order valence-corrected chi connectivity index (χ3v) is 2.60. The Labute approximate surface area is 103 Å². The summed E-state index contributed by atoms with van der Waals surface area (Å²) in [5.41, 5.74) is 1.47. The van der Waals surface area contributed by atoms with E-state index in [9.17, 15) is 5.11 Å². The molecule has 0 aliphatic carbocycles. The van der Waals surface area contributed by atoms with E-state index in [2.05, 4.69) is 11.1 Å². The molecule has 1 unspecified atom stereocenters. The number of nitriles is 1. The minimum absolute atomic E-state index is 0.293. The SMILES string of the molecule is CC.Cc1ccc(C#N)c(N2CCC(O)C2)n1. The van der Waals surface area contributed by atoms with Crippen molar-refractivity contribution in [1.29, 1.82) is 5.26 Å². The number of nitrogens with zero attached hydrogens (tertiary/aromatic N) is 3. The van der Waals surface area contributed by atoms with Crippen LogP contribution in [0, 0.1) is 18.3 Å². The van der Waals surface area contributed by atoms with Crippen molar-refractivity contribution in [2.45, 2.75) is 33.3 Å². The molecule has 4 heteroatoms. The first kappa shape index (κ1) is 13.5. The van der Waals surface area contributed by atoms with Gasteiger partial charge < -0.3 is 10.0 Å². The predicted octanol–water partition coefficient (Wildman–Crippen LogP) is 1.86. The van der Waals surface area contributed by atoms with E-state index in [0.717, 1.165) is 18.7 Å². The van der Waals surface area contributed by atoms with Crippen molar-refractivity contribution in [3.63, 3.8) is 0 Å². The van der Waals surface area contributed by atoms with Gasteiger partial charge in [-0.2, -0.15) is 5.26 Å². The van der Waals surface area contributed by atoms with Gasteiger partial charge in [0.15, 0.2) is 0 Å². The summed E-state index contributed by atoms with van der Waals surface area (Å²) >= 11 is 0. The largest absolute Gasteiger partial charge is 0.391 e.